The maximum Gasteiger partial charge on any atom is 0.346 e. The lowest BCUT2D eigenvalue weighted by Gasteiger charge is -2.16. The molecule has 0 radical (unpaired) electrons. The molecule has 1 fully saturated rings. The molecule has 0 bridgehead atoms. The Morgan fingerprint density at radius 2 is 2.24 bits per heavy atom. The third-order valence-corrected chi connectivity index (χ3v) is 5.54. The van der Waals surface area contributed by atoms with Crippen molar-refractivity contribution in [2.75, 3.05) is 13.1 Å². The Labute approximate surface area is 129 Å². The molecule has 0 amide bonds. The summed E-state index contributed by atoms with van der Waals surface area (Å²) in [6.07, 6.45) is 3.77. The summed E-state index contributed by atoms with van der Waals surface area (Å²) in [7, 11) is 0. The van der Waals surface area contributed by atoms with Gasteiger partial charge in [0.15, 0.2) is 0 Å². The van der Waals surface area contributed by atoms with Gasteiger partial charge in [0.2, 0.25) is 0 Å². The van der Waals surface area contributed by atoms with Crippen molar-refractivity contribution in [1.29, 1.82) is 0 Å². The van der Waals surface area contributed by atoms with Gasteiger partial charge in [-0.15, -0.1) is 11.3 Å². The Hall–Kier alpha value is -1.39. The van der Waals surface area contributed by atoms with Crippen LogP contribution in [0.4, 0.5) is 0 Å². The zero-order chi connectivity index (χ0) is 14.8. The average molecular weight is 303 g/mol. The summed E-state index contributed by atoms with van der Waals surface area (Å²) in [5, 5.41) is 10.6. The van der Waals surface area contributed by atoms with E-state index < -0.39 is 5.97 Å². The lowest BCUT2D eigenvalue weighted by molar-refractivity contribution is 0.0700. The van der Waals surface area contributed by atoms with Crippen LogP contribution in [0.1, 0.15) is 41.4 Å². The average Bonchev–Trinajstić information content (AvgIpc) is 3.05. The topological polar surface area (TPSA) is 40.5 Å². The number of benzene rings is 1. The van der Waals surface area contributed by atoms with E-state index in [1.165, 1.54) is 30.6 Å². The highest BCUT2D eigenvalue weighted by Crippen LogP contribution is 2.33. The summed E-state index contributed by atoms with van der Waals surface area (Å²) in [4.78, 5) is 14.5. The van der Waals surface area contributed by atoms with E-state index in [0.29, 0.717) is 4.88 Å². The molecule has 1 aromatic heterocycles. The molecule has 0 spiro atoms. The van der Waals surface area contributed by atoms with E-state index in [4.69, 9.17) is 0 Å². The summed E-state index contributed by atoms with van der Waals surface area (Å²) in [5.74, 6) is -0.0105. The predicted molar refractivity (Wildman–Crippen MR) is 87.1 cm³/mol. The quantitative estimate of drug-likeness (QED) is 0.899. The second-order valence-electron chi connectivity index (χ2n) is 5.89. The summed E-state index contributed by atoms with van der Waals surface area (Å²) >= 11 is 1.40. The fourth-order valence-corrected chi connectivity index (χ4v) is 4.41. The van der Waals surface area contributed by atoms with Crippen LogP contribution in [-0.2, 0) is 6.54 Å². The van der Waals surface area contributed by atoms with Crippen LogP contribution in [0, 0.1) is 5.92 Å². The fourth-order valence-electron chi connectivity index (χ4n) is 3.35. The van der Waals surface area contributed by atoms with Crippen LogP contribution in [0.15, 0.2) is 24.3 Å². The van der Waals surface area contributed by atoms with Gasteiger partial charge in [0.1, 0.15) is 4.88 Å². The molecule has 1 N–H and O–H groups in total. The summed E-state index contributed by atoms with van der Waals surface area (Å²) < 4.78 is 1.08. The number of rotatable bonds is 5. The Morgan fingerprint density at radius 3 is 3.00 bits per heavy atom. The molecule has 1 aromatic carbocycles. The van der Waals surface area contributed by atoms with Crippen LogP contribution < -0.4 is 0 Å². The first-order valence-corrected chi connectivity index (χ1v) is 8.46. The van der Waals surface area contributed by atoms with E-state index in [0.717, 1.165) is 41.2 Å². The molecule has 0 saturated carbocycles. The molecule has 1 aliphatic rings. The Kier molecular flexibility index (Phi) is 4.27. The van der Waals surface area contributed by atoms with Crippen molar-refractivity contribution >= 4 is 27.4 Å². The SMILES string of the molecule is CCCC1CCN(Cc2c(C(=O)O)sc3ccccc23)C1. The number of hydrogen-bond acceptors (Lipinski definition) is 3. The minimum atomic E-state index is -0.796. The third-order valence-electron chi connectivity index (χ3n) is 4.34. The lowest BCUT2D eigenvalue weighted by atomic mass is 10.0. The molecule has 1 unspecified atom stereocenters. The van der Waals surface area contributed by atoms with Crippen LogP contribution >= 0.6 is 11.3 Å². The van der Waals surface area contributed by atoms with Crippen molar-refractivity contribution in [2.45, 2.75) is 32.7 Å². The first-order valence-electron chi connectivity index (χ1n) is 7.65. The molecule has 3 nitrogen and oxygen atoms in total. The standard InChI is InChI=1S/C17H21NO2S/c1-2-5-12-8-9-18(10-12)11-14-13-6-3-4-7-15(13)21-16(14)17(19)20/h3-4,6-7,12H,2,5,8-11H2,1H3,(H,19,20). The van der Waals surface area contributed by atoms with E-state index in [-0.39, 0.29) is 0 Å². The minimum Gasteiger partial charge on any atom is -0.477 e. The first-order chi connectivity index (χ1) is 10.2. The van der Waals surface area contributed by atoms with Gasteiger partial charge in [0.25, 0.3) is 0 Å². The number of carboxylic acid groups (broad SMARTS) is 1. The van der Waals surface area contributed by atoms with Gasteiger partial charge >= 0.3 is 5.97 Å². The molecule has 4 heteroatoms. The van der Waals surface area contributed by atoms with Crippen LogP contribution in [0.2, 0.25) is 0 Å². The maximum absolute atomic E-state index is 11.5. The summed E-state index contributed by atoms with van der Waals surface area (Å²) in [5.41, 5.74) is 1.00. The van der Waals surface area contributed by atoms with Crippen molar-refractivity contribution < 1.29 is 9.90 Å². The Bertz CT molecular complexity index is 649. The highest BCUT2D eigenvalue weighted by Gasteiger charge is 2.25. The van der Waals surface area contributed by atoms with Gasteiger partial charge in [0, 0.05) is 17.8 Å². The first kappa shape index (κ1) is 14.5. The van der Waals surface area contributed by atoms with Gasteiger partial charge in [-0.25, -0.2) is 4.79 Å². The van der Waals surface area contributed by atoms with Gasteiger partial charge in [-0.1, -0.05) is 31.5 Å². The number of carbonyl (C=O) groups is 1. The normalized spacial score (nSPS) is 19.4. The molecule has 3 rings (SSSR count). The van der Waals surface area contributed by atoms with Crippen molar-refractivity contribution in [3.63, 3.8) is 0 Å². The number of aromatic carboxylic acids is 1. The number of nitrogens with zero attached hydrogens (tertiary/aromatic N) is 1. The number of likely N-dealkylation sites (tertiary alicyclic amines) is 1. The van der Waals surface area contributed by atoms with E-state index in [9.17, 15) is 9.90 Å². The van der Waals surface area contributed by atoms with Crippen LogP contribution in [0.3, 0.4) is 0 Å². The molecular formula is C17H21NO2S. The van der Waals surface area contributed by atoms with Gasteiger partial charge in [0.05, 0.1) is 0 Å². The highest BCUT2D eigenvalue weighted by molar-refractivity contribution is 7.21. The Balaban J connectivity index is 1.86. The van der Waals surface area contributed by atoms with Gasteiger partial charge in [-0.3, -0.25) is 4.90 Å². The number of thiophene rings is 1. The van der Waals surface area contributed by atoms with Crippen LogP contribution in [-0.4, -0.2) is 29.1 Å². The van der Waals surface area contributed by atoms with Crippen LogP contribution in [0.5, 0.6) is 0 Å². The molecule has 1 atom stereocenters. The van der Waals surface area contributed by atoms with Crippen molar-refractivity contribution in [2.24, 2.45) is 5.92 Å². The van der Waals surface area contributed by atoms with Crippen LogP contribution in [0.25, 0.3) is 10.1 Å². The number of carboxylic acids is 1. The Morgan fingerprint density at radius 1 is 1.43 bits per heavy atom. The van der Waals surface area contributed by atoms with Gasteiger partial charge in [-0.2, -0.15) is 0 Å². The largest absolute Gasteiger partial charge is 0.477 e. The lowest BCUT2D eigenvalue weighted by Crippen LogP contribution is -2.21. The van der Waals surface area contributed by atoms with Gasteiger partial charge < -0.3 is 5.11 Å². The minimum absolute atomic E-state index is 0.509. The maximum atomic E-state index is 11.5. The third kappa shape index (κ3) is 2.97. The number of hydrogen-bond donors (Lipinski definition) is 1. The molecular weight excluding hydrogens is 282 g/mol. The van der Waals surface area contributed by atoms with E-state index in [1.54, 1.807) is 0 Å². The molecule has 0 aliphatic carbocycles. The zero-order valence-electron chi connectivity index (χ0n) is 12.3. The monoisotopic (exact) mass is 303 g/mol. The molecule has 112 valence electrons. The van der Waals surface area contributed by atoms with E-state index >= 15 is 0 Å². The van der Waals surface area contributed by atoms with Crippen molar-refractivity contribution in [3.05, 3.63) is 34.7 Å². The smallest absolute Gasteiger partial charge is 0.346 e. The molecule has 2 aromatic rings. The summed E-state index contributed by atoms with van der Waals surface area (Å²) in [6.45, 7) is 5.20. The zero-order valence-corrected chi connectivity index (χ0v) is 13.2. The summed E-state index contributed by atoms with van der Waals surface area (Å²) in [6, 6.07) is 8.03. The number of fused-ring (bicyclic) bond motifs is 1. The molecule has 2 heterocycles. The second kappa shape index (κ2) is 6.16. The molecule has 1 saturated heterocycles. The van der Waals surface area contributed by atoms with E-state index in [1.807, 2.05) is 24.3 Å². The second-order valence-corrected chi connectivity index (χ2v) is 6.94. The molecule has 1 aliphatic heterocycles. The van der Waals surface area contributed by atoms with Crippen molar-refractivity contribution in [1.82, 2.24) is 4.90 Å². The van der Waals surface area contributed by atoms with E-state index in [2.05, 4.69) is 11.8 Å². The predicted octanol–water partition coefficient (Wildman–Crippen LogP) is 4.22. The molecule has 21 heavy (non-hydrogen) atoms. The highest BCUT2D eigenvalue weighted by atomic mass is 32.1. The fraction of sp³-hybridized carbons (Fsp3) is 0.471. The van der Waals surface area contributed by atoms with Crippen molar-refractivity contribution in [3.8, 4) is 0 Å². The van der Waals surface area contributed by atoms with Gasteiger partial charge in [-0.05, 0) is 42.3 Å².